The molecule has 3 nitrogen and oxygen atoms in total. The van der Waals surface area contributed by atoms with Gasteiger partial charge in [0.15, 0.2) is 0 Å². The molecule has 1 aromatic heterocycles. The predicted molar refractivity (Wildman–Crippen MR) is 48.4 cm³/mol. The molecule has 1 rings (SSSR count). The highest BCUT2D eigenvalue weighted by Gasteiger charge is 2.11. The number of halogens is 1. The molecule has 0 saturated heterocycles. The van der Waals surface area contributed by atoms with E-state index in [0.29, 0.717) is 16.4 Å². The van der Waals surface area contributed by atoms with Crippen molar-refractivity contribution in [3.8, 4) is 6.07 Å². The summed E-state index contributed by atoms with van der Waals surface area (Å²) in [5.41, 5.74) is 0.828. The quantitative estimate of drug-likeness (QED) is 0.534. The Morgan fingerprint density at radius 2 is 2.38 bits per heavy atom. The molecule has 0 radical (unpaired) electrons. The minimum Gasteiger partial charge on any atom is -0.303 e. The minimum atomic E-state index is -0.395. The molecule has 0 aliphatic heterocycles. The maximum atomic E-state index is 10.5. The number of aromatic nitrogens is 1. The molecule has 0 bridgehead atoms. The number of aldehydes is 1. The summed E-state index contributed by atoms with van der Waals surface area (Å²) >= 11 is 5.64. The van der Waals surface area contributed by atoms with Crippen molar-refractivity contribution in [2.75, 3.05) is 0 Å². The van der Waals surface area contributed by atoms with Crippen LogP contribution in [0.4, 0.5) is 0 Å². The molecule has 0 aliphatic rings. The Bertz CT molecular complexity index is 370. The Labute approximate surface area is 81.0 Å². The number of nitrogens with zero attached hydrogens (tertiary/aromatic N) is 2. The van der Waals surface area contributed by atoms with Gasteiger partial charge < -0.3 is 4.79 Å². The summed E-state index contributed by atoms with van der Waals surface area (Å²) in [5, 5.41) is 9.00. The standard InChI is InChI=1S/C9H7ClN2O/c1-6(5-13)9-7(4-11)2-3-8(10)12-9/h2-3,5-6H,1H3. The van der Waals surface area contributed by atoms with Gasteiger partial charge in [0.25, 0.3) is 0 Å². The van der Waals surface area contributed by atoms with E-state index in [4.69, 9.17) is 16.9 Å². The summed E-state index contributed by atoms with van der Waals surface area (Å²) in [6.45, 7) is 1.67. The summed E-state index contributed by atoms with van der Waals surface area (Å²) < 4.78 is 0. The van der Waals surface area contributed by atoms with E-state index in [9.17, 15) is 4.79 Å². The van der Waals surface area contributed by atoms with Crippen LogP contribution in [0.1, 0.15) is 24.1 Å². The summed E-state index contributed by atoms with van der Waals surface area (Å²) in [6, 6.07) is 5.05. The number of nitriles is 1. The second kappa shape index (κ2) is 4.01. The van der Waals surface area contributed by atoms with Gasteiger partial charge in [0.2, 0.25) is 0 Å². The van der Waals surface area contributed by atoms with Gasteiger partial charge in [-0.25, -0.2) is 4.98 Å². The van der Waals surface area contributed by atoms with Crippen LogP contribution in [0.2, 0.25) is 5.15 Å². The molecule has 66 valence electrons. The molecule has 0 aromatic carbocycles. The van der Waals surface area contributed by atoms with Crippen LogP contribution in [0.3, 0.4) is 0 Å². The maximum absolute atomic E-state index is 10.5. The molecule has 0 fully saturated rings. The van der Waals surface area contributed by atoms with Crippen LogP contribution < -0.4 is 0 Å². The third kappa shape index (κ3) is 2.04. The van der Waals surface area contributed by atoms with Crippen molar-refractivity contribution in [2.45, 2.75) is 12.8 Å². The van der Waals surface area contributed by atoms with Gasteiger partial charge in [-0.05, 0) is 12.1 Å². The van der Waals surface area contributed by atoms with Crippen LogP contribution in [-0.2, 0) is 4.79 Å². The molecule has 13 heavy (non-hydrogen) atoms. The highest BCUT2D eigenvalue weighted by molar-refractivity contribution is 6.29. The Kier molecular flexibility index (Phi) is 2.99. The number of hydrogen-bond donors (Lipinski definition) is 0. The van der Waals surface area contributed by atoms with Crippen molar-refractivity contribution in [3.63, 3.8) is 0 Å². The first kappa shape index (κ1) is 9.69. The molecular weight excluding hydrogens is 188 g/mol. The second-order valence-corrected chi connectivity index (χ2v) is 2.99. The molecule has 0 amide bonds. The van der Waals surface area contributed by atoms with Crippen LogP contribution in [0.5, 0.6) is 0 Å². The average molecular weight is 195 g/mol. The molecule has 4 heteroatoms. The lowest BCUT2D eigenvalue weighted by Crippen LogP contribution is -2.01. The van der Waals surface area contributed by atoms with Gasteiger partial charge in [-0.2, -0.15) is 5.26 Å². The van der Waals surface area contributed by atoms with Crippen LogP contribution in [0, 0.1) is 11.3 Å². The molecule has 0 aliphatic carbocycles. The van der Waals surface area contributed by atoms with Crippen LogP contribution in [0.15, 0.2) is 12.1 Å². The van der Waals surface area contributed by atoms with Crippen LogP contribution in [0.25, 0.3) is 0 Å². The van der Waals surface area contributed by atoms with E-state index in [0.717, 1.165) is 6.29 Å². The van der Waals surface area contributed by atoms with Crippen molar-refractivity contribution < 1.29 is 4.79 Å². The lowest BCUT2D eigenvalue weighted by molar-refractivity contribution is -0.108. The third-order valence-corrected chi connectivity index (χ3v) is 1.86. The van der Waals surface area contributed by atoms with Crippen LogP contribution in [-0.4, -0.2) is 11.3 Å². The van der Waals surface area contributed by atoms with E-state index in [1.165, 1.54) is 6.07 Å². The van der Waals surface area contributed by atoms with Crippen molar-refractivity contribution >= 4 is 17.9 Å². The summed E-state index contributed by atoms with van der Waals surface area (Å²) in [6.07, 6.45) is 0.736. The van der Waals surface area contributed by atoms with E-state index in [1.54, 1.807) is 13.0 Å². The predicted octanol–water partition coefficient (Wildman–Crippen LogP) is 1.91. The lowest BCUT2D eigenvalue weighted by atomic mass is 10.0. The highest BCUT2D eigenvalue weighted by atomic mass is 35.5. The van der Waals surface area contributed by atoms with Crippen molar-refractivity contribution in [1.29, 1.82) is 5.26 Å². The fraction of sp³-hybridized carbons (Fsp3) is 0.222. The van der Waals surface area contributed by atoms with Crippen LogP contribution >= 0.6 is 11.6 Å². The topological polar surface area (TPSA) is 53.8 Å². The molecule has 1 atom stereocenters. The van der Waals surface area contributed by atoms with E-state index < -0.39 is 5.92 Å². The van der Waals surface area contributed by atoms with Gasteiger partial charge in [-0.3, -0.25) is 0 Å². The SMILES string of the molecule is CC(C=O)c1nc(Cl)ccc1C#N. The first-order chi connectivity index (χ1) is 6.19. The van der Waals surface area contributed by atoms with E-state index in [2.05, 4.69) is 4.98 Å². The van der Waals surface area contributed by atoms with Crippen molar-refractivity contribution in [1.82, 2.24) is 4.98 Å². The van der Waals surface area contributed by atoms with Gasteiger partial charge >= 0.3 is 0 Å². The number of rotatable bonds is 2. The largest absolute Gasteiger partial charge is 0.303 e. The molecule has 1 aromatic rings. The minimum absolute atomic E-state index is 0.294. The average Bonchev–Trinajstić information content (AvgIpc) is 2.16. The zero-order valence-electron chi connectivity index (χ0n) is 6.99. The molecule has 1 heterocycles. The molecule has 0 spiro atoms. The molecular formula is C9H7ClN2O. The highest BCUT2D eigenvalue weighted by Crippen LogP contribution is 2.17. The zero-order valence-corrected chi connectivity index (χ0v) is 7.75. The first-order valence-corrected chi connectivity index (χ1v) is 4.08. The second-order valence-electron chi connectivity index (χ2n) is 2.60. The van der Waals surface area contributed by atoms with Gasteiger partial charge in [0, 0.05) is 0 Å². The Morgan fingerprint density at radius 1 is 1.69 bits per heavy atom. The Balaban J connectivity index is 3.25. The van der Waals surface area contributed by atoms with Gasteiger partial charge in [-0.15, -0.1) is 0 Å². The summed E-state index contributed by atoms with van der Waals surface area (Å²) in [5.74, 6) is -0.395. The summed E-state index contributed by atoms with van der Waals surface area (Å²) in [4.78, 5) is 14.4. The van der Waals surface area contributed by atoms with Crippen molar-refractivity contribution in [2.24, 2.45) is 0 Å². The third-order valence-electron chi connectivity index (χ3n) is 1.65. The molecule has 1 unspecified atom stereocenters. The fourth-order valence-corrected chi connectivity index (χ4v) is 1.11. The van der Waals surface area contributed by atoms with E-state index >= 15 is 0 Å². The maximum Gasteiger partial charge on any atom is 0.129 e. The van der Waals surface area contributed by atoms with E-state index in [1.807, 2.05) is 6.07 Å². The lowest BCUT2D eigenvalue weighted by Gasteiger charge is -2.04. The Morgan fingerprint density at radius 3 is 2.92 bits per heavy atom. The fourth-order valence-electron chi connectivity index (χ4n) is 0.956. The molecule has 0 N–H and O–H groups in total. The monoisotopic (exact) mass is 194 g/mol. The zero-order chi connectivity index (χ0) is 9.84. The first-order valence-electron chi connectivity index (χ1n) is 3.71. The van der Waals surface area contributed by atoms with Gasteiger partial charge in [-0.1, -0.05) is 18.5 Å². The summed E-state index contributed by atoms with van der Waals surface area (Å²) in [7, 11) is 0. The number of carbonyl (C=O) groups excluding carboxylic acids is 1. The smallest absolute Gasteiger partial charge is 0.129 e. The van der Waals surface area contributed by atoms with Crippen molar-refractivity contribution in [3.05, 3.63) is 28.5 Å². The number of pyridine rings is 1. The molecule has 0 saturated carbocycles. The normalized spacial score (nSPS) is 11.8. The Hall–Kier alpha value is -1.40. The van der Waals surface area contributed by atoms with E-state index in [-0.39, 0.29) is 0 Å². The number of hydrogen-bond acceptors (Lipinski definition) is 3. The van der Waals surface area contributed by atoms with Gasteiger partial charge in [0.05, 0.1) is 17.2 Å². The van der Waals surface area contributed by atoms with Gasteiger partial charge in [0.1, 0.15) is 17.5 Å². The number of carbonyl (C=O) groups is 1.